The van der Waals surface area contributed by atoms with Crippen LogP contribution < -0.4 is 0 Å². The van der Waals surface area contributed by atoms with Crippen molar-refractivity contribution in [2.75, 3.05) is 6.61 Å². The number of ether oxygens (including phenoxy) is 1. The van der Waals surface area contributed by atoms with Crippen molar-refractivity contribution in [2.45, 2.75) is 67.6 Å². The van der Waals surface area contributed by atoms with Crippen LogP contribution in [-0.4, -0.2) is 14.9 Å². The quantitative estimate of drug-likeness (QED) is 0.315. The average molecular weight is 497 g/mol. The van der Waals surface area contributed by atoms with Gasteiger partial charge >= 0.3 is 26.2 Å². The molecule has 0 fully saturated rings. The molecule has 0 spiro atoms. The molecule has 0 aromatic heterocycles. The van der Waals surface area contributed by atoms with Crippen molar-refractivity contribution >= 4 is 33.1 Å². The second kappa shape index (κ2) is 12.6. The zero-order valence-corrected chi connectivity index (χ0v) is 22.7. The van der Waals surface area contributed by atoms with Crippen molar-refractivity contribution in [3.63, 3.8) is 0 Å². The van der Waals surface area contributed by atoms with Crippen molar-refractivity contribution in [1.82, 2.24) is 0 Å². The fourth-order valence-electron chi connectivity index (χ4n) is 2.51. The van der Waals surface area contributed by atoms with Gasteiger partial charge in [0.15, 0.2) is 0 Å². The Morgan fingerprint density at radius 3 is 1.96 bits per heavy atom. The van der Waals surface area contributed by atoms with Gasteiger partial charge in [0.05, 0.1) is 6.61 Å². The maximum atomic E-state index is 5.84. The Balaban J connectivity index is -0.000000374. The summed E-state index contributed by atoms with van der Waals surface area (Å²) in [5.74, 6) is 1.69. The van der Waals surface area contributed by atoms with Gasteiger partial charge in [0, 0.05) is 0 Å². The first kappa shape index (κ1) is 31.0. The van der Waals surface area contributed by atoms with Crippen molar-refractivity contribution < 1.29 is 35.4 Å². The van der Waals surface area contributed by atoms with Crippen LogP contribution in [0.4, 0.5) is 0 Å². The molecule has 6 heteroatoms. The smallest absolute Gasteiger partial charge is 0.629 e. The molecule has 0 atom stereocenters. The number of allylic oxidation sites excluding steroid dienone is 6. The maximum absolute atomic E-state index is 5.84. The summed E-state index contributed by atoms with van der Waals surface area (Å²) in [4.78, 5) is 0. The summed E-state index contributed by atoms with van der Waals surface area (Å²) in [6.07, 6.45) is 9.41. The monoisotopic (exact) mass is 494 g/mol. The molecule has 0 aliphatic heterocycles. The second-order valence-corrected chi connectivity index (χ2v) is 12.0. The van der Waals surface area contributed by atoms with Crippen LogP contribution in [0.3, 0.4) is 0 Å². The number of hydrogen-bond acceptors (Lipinski definition) is 2. The SMILES string of the molecule is CC1=[C-]C(C)(C)C(C)=C1C.CCOC1=[C-]CC=C1O[Si](C)(C)C.Cl.Cl.[Zr+2]. The third-order valence-corrected chi connectivity index (χ3v) is 4.87. The molecular formula is C20H34Cl2O2SiZr. The van der Waals surface area contributed by atoms with Crippen molar-refractivity contribution in [1.29, 1.82) is 0 Å². The molecule has 2 nitrogen and oxygen atoms in total. The van der Waals surface area contributed by atoms with Gasteiger partial charge in [0.25, 0.3) is 0 Å². The van der Waals surface area contributed by atoms with Gasteiger partial charge < -0.3 is 9.16 Å². The van der Waals surface area contributed by atoms with Gasteiger partial charge in [-0.2, -0.15) is 11.1 Å². The minimum atomic E-state index is -1.50. The third-order valence-electron chi connectivity index (χ3n) is 4.04. The Morgan fingerprint density at radius 1 is 1.12 bits per heavy atom. The van der Waals surface area contributed by atoms with E-state index in [1.807, 2.05) is 13.0 Å². The summed E-state index contributed by atoms with van der Waals surface area (Å²) >= 11 is 0. The molecule has 148 valence electrons. The maximum Gasteiger partial charge on any atom is 2.00 e. The molecule has 0 unspecified atom stereocenters. The summed E-state index contributed by atoms with van der Waals surface area (Å²) in [5, 5.41) is 0. The van der Waals surface area contributed by atoms with E-state index in [0.717, 1.165) is 17.9 Å². The normalized spacial score (nSPS) is 17.3. The van der Waals surface area contributed by atoms with Crippen LogP contribution in [0.15, 0.2) is 34.3 Å². The van der Waals surface area contributed by atoms with Crippen molar-refractivity contribution in [3.05, 3.63) is 46.5 Å². The number of halogens is 2. The Morgan fingerprint density at radius 2 is 1.65 bits per heavy atom. The Kier molecular flexibility index (Phi) is 15.1. The molecule has 0 bridgehead atoms. The first-order valence-corrected chi connectivity index (χ1v) is 11.8. The van der Waals surface area contributed by atoms with Gasteiger partial charge in [-0.1, -0.05) is 33.1 Å². The Hall–Kier alpha value is 0.240. The summed E-state index contributed by atoms with van der Waals surface area (Å²) in [6, 6.07) is 0. The predicted molar refractivity (Wildman–Crippen MR) is 115 cm³/mol. The van der Waals surface area contributed by atoms with E-state index in [0.29, 0.717) is 6.61 Å². The molecular weight excluding hydrogens is 462 g/mol. The van der Waals surface area contributed by atoms with Gasteiger partial charge in [-0.3, -0.25) is 6.08 Å². The average Bonchev–Trinajstić information content (AvgIpc) is 2.89. The van der Waals surface area contributed by atoms with Gasteiger partial charge in [0.1, 0.15) is 0 Å². The standard InChI is InChI=1S/C10H17O2Si.C10H15.2ClH.Zr/c1-5-11-9-7-6-8-10(9)12-13(2,3)4;1-7-6-10(4,5)9(3)8(7)2;;;/h8H,5-6H2,1-4H3;1-5H3;2*1H;/q2*-1;;;+2. The van der Waals surface area contributed by atoms with Crippen LogP contribution in [0.2, 0.25) is 19.6 Å². The molecule has 0 N–H and O–H groups in total. The molecule has 0 saturated heterocycles. The fraction of sp³-hybridized carbons (Fsp3) is 0.600. The molecule has 0 aromatic carbocycles. The van der Waals surface area contributed by atoms with E-state index >= 15 is 0 Å². The van der Waals surface area contributed by atoms with Crippen molar-refractivity contribution in [3.8, 4) is 0 Å². The number of rotatable bonds is 4. The summed E-state index contributed by atoms with van der Waals surface area (Å²) in [5.41, 5.74) is 4.39. The van der Waals surface area contributed by atoms with E-state index in [1.54, 1.807) is 0 Å². The molecule has 0 saturated carbocycles. The zero-order chi connectivity index (χ0) is 17.8. The van der Waals surface area contributed by atoms with E-state index in [2.05, 4.69) is 66.4 Å². The third kappa shape index (κ3) is 9.44. The molecule has 0 radical (unpaired) electrons. The van der Waals surface area contributed by atoms with Crippen molar-refractivity contribution in [2.24, 2.45) is 5.41 Å². The molecule has 2 aliphatic carbocycles. The van der Waals surface area contributed by atoms with Crippen LogP contribution in [0.5, 0.6) is 0 Å². The predicted octanol–water partition coefficient (Wildman–Crippen LogP) is 6.80. The summed E-state index contributed by atoms with van der Waals surface area (Å²) < 4.78 is 11.2. The topological polar surface area (TPSA) is 18.5 Å². The Labute approximate surface area is 193 Å². The van der Waals surface area contributed by atoms with Gasteiger partial charge in [-0.05, 0) is 38.1 Å². The number of hydrogen-bond donors (Lipinski definition) is 0. The van der Waals surface area contributed by atoms with Gasteiger partial charge in [-0.25, -0.2) is 11.6 Å². The zero-order valence-electron chi connectivity index (χ0n) is 17.6. The summed E-state index contributed by atoms with van der Waals surface area (Å²) in [6.45, 7) is 20.1. The minimum Gasteiger partial charge on any atom is -0.629 e. The molecule has 0 heterocycles. The van der Waals surface area contributed by atoms with E-state index < -0.39 is 8.32 Å². The molecule has 2 aliphatic rings. The van der Waals surface area contributed by atoms with E-state index in [9.17, 15) is 0 Å². The Bertz CT molecular complexity index is 571. The largest absolute Gasteiger partial charge is 2.00 e. The van der Waals surface area contributed by atoms with Gasteiger partial charge in [0.2, 0.25) is 8.32 Å². The van der Waals surface area contributed by atoms with E-state index in [-0.39, 0.29) is 56.4 Å². The van der Waals surface area contributed by atoms with Crippen LogP contribution in [0.1, 0.15) is 48.0 Å². The second-order valence-electron chi connectivity index (χ2n) is 7.55. The van der Waals surface area contributed by atoms with Crippen LogP contribution in [0.25, 0.3) is 0 Å². The van der Waals surface area contributed by atoms with E-state index in [4.69, 9.17) is 9.16 Å². The van der Waals surface area contributed by atoms with Crippen LogP contribution in [-0.2, 0) is 35.4 Å². The fourth-order valence-corrected chi connectivity index (χ4v) is 3.34. The molecule has 0 aromatic rings. The minimum absolute atomic E-state index is 0. The first-order valence-electron chi connectivity index (χ1n) is 8.41. The first-order chi connectivity index (χ1) is 10.5. The van der Waals surface area contributed by atoms with Gasteiger partial charge in [-0.15, -0.1) is 44.2 Å². The van der Waals surface area contributed by atoms with Crippen LogP contribution in [0, 0.1) is 17.6 Å². The molecule has 0 amide bonds. The molecule has 2 rings (SSSR count). The summed E-state index contributed by atoms with van der Waals surface area (Å²) in [7, 11) is -1.50. The van der Waals surface area contributed by atoms with E-state index in [1.165, 1.54) is 16.7 Å². The molecule has 26 heavy (non-hydrogen) atoms. The van der Waals surface area contributed by atoms with Crippen LogP contribution >= 0.6 is 24.8 Å².